The molecule has 0 atom stereocenters. The monoisotopic (exact) mass is 371 g/mol. The van der Waals surface area contributed by atoms with Crippen LogP contribution in [0.15, 0.2) is 84.2 Å². The predicted octanol–water partition coefficient (Wildman–Crippen LogP) is 5.87. The first-order valence-electron chi connectivity index (χ1n) is 8.39. The van der Waals surface area contributed by atoms with Crippen LogP contribution in [-0.4, -0.2) is 11.1 Å². The van der Waals surface area contributed by atoms with Gasteiger partial charge in [0.05, 0.1) is 5.69 Å². The number of benzene rings is 3. The van der Waals surface area contributed by atoms with E-state index >= 15 is 0 Å². The molecular formula is C23H17NO2S. The van der Waals surface area contributed by atoms with Crippen molar-refractivity contribution in [2.75, 3.05) is 0 Å². The van der Waals surface area contributed by atoms with Crippen LogP contribution in [0.1, 0.15) is 5.56 Å². The minimum atomic E-state index is 0.250. The average Bonchev–Trinajstić information content (AvgIpc) is 3.20. The van der Waals surface area contributed by atoms with E-state index in [1.54, 1.807) is 11.3 Å². The summed E-state index contributed by atoms with van der Waals surface area (Å²) in [6.07, 6.45) is 0.250. The molecule has 3 aromatic carbocycles. The van der Waals surface area contributed by atoms with Crippen LogP contribution in [0.4, 0.5) is 0 Å². The topological polar surface area (TPSA) is 47.0 Å². The molecule has 1 heterocycles. The molecule has 0 aliphatic heterocycles. The van der Waals surface area contributed by atoms with Gasteiger partial charge in [0.25, 0.3) is 0 Å². The number of hydrogen-bond acceptors (Lipinski definition) is 4. The summed E-state index contributed by atoms with van der Waals surface area (Å²) in [4.78, 5) is 21.1. The number of nitrogens with zero attached hydrogens (tertiary/aromatic N) is 1. The highest BCUT2D eigenvalue weighted by molar-refractivity contribution is 7.13. The SMILES string of the molecule is Cc1ccc(-c2cccc(-c3csc(-c4ccccc4)n3)c2)cc1.O=C=O. The standard InChI is InChI=1S/C22H17NS.CO2/c1-16-10-12-17(13-11-16)19-8-5-9-20(14-19)21-15-24-22(23-21)18-6-3-2-4-7-18;2-1-3/h2-15H,1H3;. The molecule has 0 spiro atoms. The smallest absolute Gasteiger partial charge is 0.236 e. The number of rotatable bonds is 3. The van der Waals surface area contributed by atoms with Gasteiger partial charge in [-0.3, -0.25) is 0 Å². The molecule has 1 aromatic heterocycles. The summed E-state index contributed by atoms with van der Waals surface area (Å²) in [5.74, 6) is 0. The fourth-order valence-electron chi connectivity index (χ4n) is 2.72. The first-order valence-corrected chi connectivity index (χ1v) is 9.27. The zero-order valence-corrected chi connectivity index (χ0v) is 15.6. The van der Waals surface area contributed by atoms with E-state index in [-0.39, 0.29) is 6.15 Å². The van der Waals surface area contributed by atoms with Crippen LogP contribution in [0.2, 0.25) is 0 Å². The maximum Gasteiger partial charge on any atom is 0.373 e. The molecule has 0 saturated heterocycles. The van der Waals surface area contributed by atoms with E-state index in [4.69, 9.17) is 14.6 Å². The Labute approximate surface area is 162 Å². The van der Waals surface area contributed by atoms with Crippen LogP contribution >= 0.6 is 11.3 Å². The molecule has 27 heavy (non-hydrogen) atoms. The van der Waals surface area contributed by atoms with Crippen LogP contribution in [0.5, 0.6) is 0 Å². The second-order valence-electron chi connectivity index (χ2n) is 5.93. The van der Waals surface area contributed by atoms with Crippen molar-refractivity contribution in [3.63, 3.8) is 0 Å². The second kappa shape index (κ2) is 8.86. The molecular weight excluding hydrogens is 354 g/mol. The lowest BCUT2D eigenvalue weighted by molar-refractivity contribution is -0.191. The van der Waals surface area contributed by atoms with E-state index in [0.717, 1.165) is 16.3 Å². The quantitative estimate of drug-likeness (QED) is 0.452. The predicted molar refractivity (Wildman–Crippen MR) is 108 cm³/mol. The number of aryl methyl sites for hydroxylation is 1. The lowest BCUT2D eigenvalue weighted by atomic mass is 10.0. The first-order chi connectivity index (χ1) is 13.2. The van der Waals surface area contributed by atoms with Crippen LogP contribution in [0.25, 0.3) is 33.0 Å². The zero-order valence-electron chi connectivity index (χ0n) is 14.8. The zero-order chi connectivity index (χ0) is 19.1. The molecule has 3 nitrogen and oxygen atoms in total. The summed E-state index contributed by atoms with van der Waals surface area (Å²) in [5.41, 5.74) is 7.10. The fourth-order valence-corrected chi connectivity index (χ4v) is 3.56. The molecule has 0 radical (unpaired) electrons. The molecule has 0 amide bonds. The Morgan fingerprint density at radius 1 is 0.741 bits per heavy atom. The molecule has 4 heteroatoms. The fraction of sp³-hybridized carbons (Fsp3) is 0.0435. The minimum absolute atomic E-state index is 0.250. The summed E-state index contributed by atoms with van der Waals surface area (Å²) in [5, 5.41) is 3.20. The van der Waals surface area contributed by atoms with Gasteiger partial charge >= 0.3 is 6.15 Å². The van der Waals surface area contributed by atoms with Gasteiger partial charge in [0.2, 0.25) is 0 Å². The first kappa shape index (κ1) is 18.5. The summed E-state index contributed by atoms with van der Waals surface area (Å²) < 4.78 is 0. The van der Waals surface area contributed by atoms with Gasteiger partial charge in [-0.2, -0.15) is 9.59 Å². The third-order valence-corrected chi connectivity index (χ3v) is 4.96. The van der Waals surface area contributed by atoms with E-state index in [9.17, 15) is 0 Å². The van der Waals surface area contributed by atoms with Crippen molar-refractivity contribution in [3.05, 3.63) is 89.8 Å². The normalized spacial score (nSPS) is 9.81. The van der Waals surface area contributed by atoms with Crippen molar-refractivity contribution in [1.29, 1.82) is 0 Å². The molecule has 132 valence electrons. The lowest BCUT2D eigenvalue weighted by Crippen LogP contribution is -1.83. The van der Waals surface area contributed by atoms with E-state index in [1.807, 2.05) is 6.07 Å². The highest BCUT2D eigenvalue weighted by Crippen LogP contribution is 2.31. The Morgan fingerprint density at radius 2 is 1.37 bits per heavy atom. The molecule has 0 aliphatic carbocycles. The number of thiazole rings is 1. The summed E-state index contributed by atoms with van der Waals surface area (Å²) in [7, 11) is 0. The van der Waals surface area contributed by atoms with Crippen molar-refractivity contribution in [1.82, 2.24) is 4.98 Å². The molecule has 0 bridgehead atoms. The van der Waals surface area contributed by atoms with Gasteiger partial charge in [0, 0.05) is 16.5 Å². The lowest BCUT2D eigenvalue weighted by Gasteiger charge is -2.04. The van der Waals surface area contributed by atoms with Gasteiger partial charge in [-0.15, -0.1) is 11.3 Å². The summed E-state index contributed by atoms with van der Waals surface area (Å²) in [6, 6.07) is 27.6. The van der Waals surface area contributed by atoms with Crippen LogP contribution < -0.4 is 0 Å². The van der Waals surface area contributed by atoms with E-state index in [0.29, 0.717) is 0 Å². The van der Waals surface area contributed by atoms with Crippen molar-refractivity contribution in [3.8, 4) is 33.0 Å². The van der Waals surface area contributed by atoms with Crippen LogP contribution in [-0.2, 0) is 9.59 Å². The van der Waals surface area contributed by atoms with E-state index < -0.39 is 0 Å². The van der Waals surface area contributed by atoms with Gasteiger partial charge in [-0.05, 0) is 24.1 Å². The largest absolute Gasteiger partial charge is 0.373 e. The van der Waals surface area contributed by atoms with Crippen LogP contribution in [0, 0.1) is 6.92 Å². The highest BCUT2D eigenvalue weighted by Gasteiger charge is 2.07. The van der Waals surface area contributed by atoms with Crippen molar-refractivity contribution in [2.45, 2.75) is 6.92 Å². The van der Waals surface area contributed by atoms with Crippen LogP contribution in [0.3, 0.4) is 0 Å². The minimum Gasteiger partial charge on any atom is -0.236 e. The third-order valence-electron chi connectivity index (χ3n) is 4.07. The highest BCUT2D eigenvalue weighted by atomic mass is 32.1. The maximum atomic E-state index is 8.12. The Morgan fingerprint density at radius 3 is 2.07 bits per heavy atom. The third kappa shape index (κ3) is 4.64. The molecule has 0 saturated carbocycles. The van der Waals surface area contributed by atoms with Gasteiger partial charge in [0.1, 0.15) is 5.01 Å². The van der Waals surface area contributed by atoms with Gasteiger partial charge in [-0.25, -0.2) is 4.98 Å². The Balaban J connectivity index is 0.000000659. The van der Waals surface area contributed by atoms with Gasteiger partial charge in [-0.1, -0.05) is 78.4 Å². The molecule has 0 N–H and O–H groups in total. The summed E-state index contributed by atoms with van der Waals surface area (Å²) in [6.45, 7) is 2.11. The number of hydrogen-bond donors (Lipinski definition) is 0. The van der Waals surface area contributed by atoms with Gasteiger partial charge < -0.3 is 0 Å². The Kier molecular flexibility index (Phi) is 6.06. The Bertz CT molecular complexity index is 1050. The second-order valence-corrected chi connectivity index (χ2v) is 6.79. The number of carbonyl (C=O) groups excluding carboxylic acids is 2. The summed E-state index contributed by atoms with van der Waals surface area (Å²) >= 11 is 1.69. The molecule has 0 aliphatic rings. The van der Waals surface area contributed by atoms with E-state index in [1.165, 1.54) is 22.3 Å². The number of aromatic nitrogens is 1. The molecule has 0 fully saturated rings. The van der Waals surface area contributed by atoms with E-state index in [2.05, 4.69) is 85.1 Å². The van der Waals surface area contributed by atoms with Crippen molar-refractivity contribution < 1.29 is 9.59 Å². The molecule has 0 unspecified atom stereocenters. The van der Waals surface area contributed by atoms with Crippen molar-refractivity contribution in [2.24, 2.45) is 0 Å². The average molecular weight is 371 g/mol. The Hall–Kier alpha value is -3.33. The van der Waals surface area contributed by atoms with Gasteiger partial charge in [0.15, 0.2) is 0 Å². The molecule has 4 rings (SSSR count). The van der Waals surface area contributed by atoms with Crippen molar-refractivity contribution >= 4 is 17.5 Å². The molecule has 4 aromatic rings. The maximum absolute atomic E-state index is 8.12.